The molecular formula is C19H27NO6. The van der Waals surface area contributed by atoms with Gasteiger partial charge in [-0.05, 0) is 37.5 Å². The van der Waals surface area contributed by atoms with Crippen LogP contribution in [-0.2, 0) is 16.0 Å². The van der Waals surface area contributed by atoms with Crippen LogP contribution < -0.4 is 19.5 Å². The van der Waals surface area contributed by atoms with Crippen molar-refractivity contribution in [1.82, 2.24) is 5.32 Å². The molecule has 2 atom stereocenters. The molecule has 1 amide bonds. The van der Waals surface area contributed by atoms with Crippen molar-refractivity contribution in [2.45, 2.75) is 44.6 Å². The summed E-state index contributed by atoms with van der Waals surface area (Å²) in [6, 6.07) is 3.44. The predicted octanol–water partition coefficient (Wildman–Crippen LogP) is 2.40. The second-order valence-electron chi connectivity index (χ2n) is 6.81. The van der Waals surface area contributed by atoms with Gasteiger partial charge in [-0.1, -0.05) is 12.8 Å². The fraction of sp³-hybridized carbons (Fsp3) is 0.579. The van der Waals surface area contributed by atoms with Gasteiger partial charge in [-0.3, -0.25) is 9.59 Å². The Labute approximate surface area is 153 Å². The van der Waals surface area contributed by atoms with Crippen molar-refractivity contribution in [1.29, 1.82) is 0 Å². The molecule has 0 radical (unpaired) electrons. The zero-order valence-electron chi connectivity index (χ0n) is 15.8. The molecule has 1 aliphatic carbocycles. The van der Waals surface area contributed by atoms with Crippen molar-refractivity contribution in [2.75, 3.05) is 21.3 Å². The number of rotatable bonds is 7. The Bertz CT molecular complexity index is 649. The molecule has 2 unspecified atom stereocenters. The predicted molar refractivity (Wildman–Crippen MR) is 95.9 cm³/mol. The van der Waals surface area contributed by atoms with E-state index in [1.807, 2.05) is 6.92 Å². The average molecular weight is 365 g/mol. The summed E-state index contributed by atoms with van der Waals surface area (Å²) in [5, 5.41) is 12.4. The van der Waals surface area contributed by atoms with E-state index < -0.39 is 17.4 Å². The highest BCUT2D eigenvalue weighted by atomic mass is 16.5. The van der Waals surface area contributed by atoms with Crippen molar-refractivity contribution in [3.05, 3.63) is 17.7 Å². The van der Waals surface area contributed by atoms with Crippen molar-refractivity contribution in [2.24, 2.45) is 5.92 Å². The molecule has 7 heteroatoms. The summed E-state index contributed by atoms with van der Waals surface area (Å²) >= 11 is 0. The van der Waals surface area contributed by atoms with Crippen molar-refractivity contribution in [3.8, 4) is 17.2 Å². The van der Waals surface area contributed by atoms with Gasteiger partial charge >= 0.3 is 5.97 Å². The number of aliphatic carboxylic acids is 1. The lowest BCUT2D eigenvalue weighted by molar-refractivity contribution is -0.146. The first kappa shape index (κ1) is 19.9. The number of carboxylic acid groups (broad SMARTS) is 1. The minimum absolute atomic E-state index is 0.0959. The minimum Gasteiger partial charge on any atom is -0.493 e. The molecule has 2 N–H and O–H groups in total. The molecule has 1 aromatic carbocycles. The molecule has 0 bridgehead atoms. The number of carbonyl (C=O) groups is 2. The maximum Gasteiger partial charge on any atom is 0.308 e. The van der Waals surface area contributed by atoms with Gasteiger partial charge in [0.25, 0.3) is 0 Å². The van der Waals surface area contributed by atoms with Crippen LogP contribution in [0, 0.1) is 5.92 Å². The number of nitrogens with one attached hydrogen (secondary N) is 1. The summed E-state index contributed by atoms with van der Waals surface area (Å²) in [7, 11) is 4.55. The van der Waals surface area contributed by atoms with Crippen LogP contribution in [0.15, 0.2) is 12.1 Å². The minimum atomic E-state index is -0.861. The van der Waals surface area contributed by atoms with E-state index in [0.717, 1.165) is 12.8 Å². The molecule has 7 nitrogen and oxygen atoms in total. The van der Waals surface area contributed by atoms with Crippen LogP contribution in [0.3, 0.4) is 0 Å². The van der Waals surface area contributed by atoms with Crippen LogP contribution in [0.2, 0.25) is 0 Å². The topological polar surface area (TPSA) is 94.1 Å². The fourth-order valence-corrected chi connectivity index (χ4v) is 3.66. The Hall–Kier alpha value is -2.44. The van der Waals surface area contributed by atoms with Crippen LogP contribution in [0.25, 0.3) is 0 Å². The average Bonchev–Trinajstić information content (AvgIpc) is 2.60. The summed E-state index contributed by atoms with van der Waals surface area (Å²) in [5.41, 5.74) is -0.0368. The molecule has 2 rings (SSSR count). The van der Waals surface area contributed by atoms with E-state index in [2.05, 4.69) is 5.32 Å². The van der Waals surface area contributed by atoms with Gasteiger partial charge in [-0.25, -0.2) is 0 Å². The highest BCUT2D eigenvalue weighted by Crippen LogP contribution is 2.38. The van der Waals surface area contributed by atoms with E-state index in [-0.39, 0.29) is 12.3 Å². The maximum atomic E-state index is 12.6. The van der Waals surface area contributed by atoms with Gasteiger partial charge < -0.3 is 24.6 Å². The highest BCUT2D eigenvalue weighted by Gasteiger charge is 2.42. The molecule has 1 aliphatic rings. The lowest BCUT2D eigenvalue weighted by Crippen LogP contribution is -2.55. The van der Waals surface area contributed by atoms with E-state index in [4.69, 9.17) is 14.2 Å². The van der Waals surface area contributed by atoms with Gasteiger partial charge in [0, 0.05) is 0 Å². The van der Waals surface area contributed by atoms with Crippen LogP contribution in [0.1, 0.15) is 38.2 Å². The second kappa shape index (κ2) is 8.29. The van der Waals surface area contributed by atoms with Gasteiger partial charge in [0.1, 0.15) is 0 Å². The number of carbonyl (C=O) groups excluding carboxylic acids is 1. The molecule has 0 aromatic heterocycles. The van der Waals surface area contributed by atoms with Crippen LogP contribution in [0.4, 0.5) is 0 Å². The molecule has 1 aromatic rings. The molecule has 144 valence electrons. The van der Waals surface area contributed by atoms with Crippen LogP contribution in [0.5, 0.6) is 17.2 Å². The number of benzene rings is 1. The smallest absolute Gasteiger partial charge is 0.308 e. The molecule has 0 spiro atoms. The first-order chi connectivity index (χ1) is 12.3. The Morgan fingerprint density at radius 1 is 1.15 bits per heavy atom. The van der Waals surface area contributed by atoms with Crippen molar-refractivity contribution in [3.63, 3.8) is 0 Å². The summed E-state index contributed by atoms with van der Waals surface area (Å²) in [4.78, 5) is 24.1. The zero-order valence-corrected chi connectivity index (χ0v) is 15.8. The molecule has 0 aliphatic heterocycles. The van der Waals surface area contributed by atoms with Gasteiger partial charge in [-0.2, -0.15) is 0 Å². The third-order valence-corrected chi connectivity index (χ3v) is 5.02. The monoisotopic (exact) mass is 365 g/mol. The standard InChI is InChI=1S/C19H27NO6/c1-19(8-6-5-7-13(19)18(22)23)20-16(21)11-12-9-14(24-2)17(26-4)15(10-12)25-3/h9-10,13H,5-8,11H2,1-4H3,(H,20,21)(H,22,23). The quantitative estimate of drug-likeness (QED) is 0.771. The van der Waals surface area contributed by atoms with E-state index in [1.165, 1.54) is 21.3 Å². The number of hydrogen-bond donors (Lipinski definition) is 2. The molecule has 0 saturated heterocycles. The van der Waals surface area contributed by atoms with E-state index in [1.54, 1.807) is 12.1 Å². The first-order valence-corrected chi connectivity index (χ1v) is 8.67. The number of hydrogen-bond acceptors (Lipinski definition) is 5. The largest absolute Gasteiger partial charge is 0.493 e. The molecule has 1 fully saturated rings. The van der Waals surface area contributed by atoms with Crippen LogP contribution in [-0.4, -0.2) is 43.9 Å². The molecule has 26 heavy (non-hydrogen) atoms. The number of amides is 1. The first-order valence-electron chi connectivity index (χ1n) is 8.67. The zero-order chi connectivity index (χ0) is 19.3. The van der Waals surface area contributed by atoms with E-state index >= 15 is 0 Å². The number of methoxy groups -OCH3 is 3. The van der Waals surface area contributed by atoms with Crippen molar-refractivity contribution >= 4 is 11.9 Å². The number of ether oxygens (including phenoxy) is 3. The van der Waals surface area contributed by atoms with E-state index in [0.29, 0.717) is 35.7 Å². The summed E-state index contributed by atoms with van der Waals surface area (Å²) in [6.45, 7) is 1.82. The van der Waals surface area contributed by atoms with Crippen LogP contribution >= 0.6 is 0 Å². The summed E-state index contributed by atoms with van der Waals surface area (Å²) in [5.74, 6) is -0.247. The SMILES string of the molecule is COc1cc(CC(=O)NC2(C)CCCCC2C(=O)O)cc(OC)c1OC. The Kier molecular flexibility index (Phi) is 6.34. The Morgan fingerprint density at radius 2 is 1.77 bits per heavy atom. The number of carboxylic acids is 1. The van der Waals surface area contributed by atoms with Gasteiger partial charge in [0.05, 0.1) is 39.2 Å². The third kappa shape index (κ3) is 4.20. The molecule has 0 heterocycles. The lowest BCUT2D eigenvalue weighted by atomic mass is 9.74. The highest BCUT2D eigenvalue weighted by molar-refractivity contribution is 5.81. The summed E-state index contributed by atoms with van der Waals surface area (Å²) in [6.07, 6.45) is 3.11. The molecule has 1 saturated carbocycles. The lowest BCUT2D eigenvalue weighted by Gasteiger charge is -2.39. The summed E-state index contributed by atoms with van der Waals surface area (Å²) < 4.78 is 15.9. The third-order valence-electron chi connectivity index (χ3n) is 5.02. The normalized spacial score (nSPS) is 22.4. The van der Waals surface area contributed by atoms with Gasteiger partial charge in [-0.15, -0.1) is 0 Å². The molecular weight excluding hydrogens is 338 g/mol. The fourth-order valence-electron chi connectivity index (χ4n) is 3.66. The van der Waals surface area contributed by atoms with E-state index in [9.17, 15) is 14.7 Å². The van der Waals surface area contributed by atoms with Gasteiger partial charge in [0.15, 0.2) is 11.5 Å². The Morgan fingerprint density at radius 3 is 2.27 bits per heavy atom. The second-order valence-corrected chi connectivity index (χ2v) is 6.81. The van der Waals surface area contributed by atoms with Gasteiger partial charge in [0.2, 0.25) is 11.7 Å². The Balaban J connectivity index is 2.18. The van der Waals surface area contributed by atoms with Crippen molar-refractivity contribution < 1.29 is 28.9 Å². The maximum absolute atomic E-state index is 12.6.